The molecule has 4 nitrogen and oxygen atoms in total. The van der Waals surface area contributed by atoms with Gasteiger partial charge in [-0.2, -0.15) is 4.99 Å². The van der Waals surface area contributed by atoms with Crippen molar-refractivity contribution in [1.29, 1.82) is 0 Å². The van der Waals surface area contributed by atoms with E-state index in [9.17, 15) is 4.79 Å². The van der Waals surface area contributed by atoms with Gasteiger partial charge in [0.05, 0.1) is 12.9 Å². The summed E-state index contributed by atoms with van der Waals surface area (Å²) in [7, 11) is 0. The molecule has 0 radical (unpaired) electrons. The minimum atomic E-state index is -0.535. The topological polar surface area (TPSA) is 51.8 Å². The Hall–Kier alpha value is -1.58. The summed E-state index contributed by atoms with van der Waals surface area (Å²) in [4.78, 5) is 14.8. The summed E-state index contributed by atoms with van der Waals surface area (Å²) >= 11 is 0. The van der Waals surface area contributed by atoms with Crippen LogP contribution in [0.3, 0.4) is 0 Å². The molecule has 88 valence electrons. The minimum absolute atomic E-state index is 0.425. The van der Waals surface area contributed by atoms with Gasteiger partial charge in [0.1, 0.15) is 5.76 Å². The number of carbonyl (C=O) groups excluding carboxylic acids is 1. The predicted molar refractivity (Wildman–Crippen MR) is 61.7 cm³/mol. The van der Waals surface area contributed by atoms with Crippen molar-refractivity contribution >= 4 is 12.3 Å². The highest BCUT2D eigenvalue weighted by Gasteiger charge is 2.00. The van der Waals surface area contributed by atoms with Gasteiger partial charge in [0.15, 0.2) is 0 Å². The van der Waals surface area contributed by atoms with Crippen LogP contribution in [0.2, 0.25) is 0 Å². The van der Waals surface area contributed by atoms with E-state index in [1.54, 1.807) is 12.3 Å². The fourth-order valence-corrected chi connectivity index (χ4v) is 1.06. The van der Waals surface area contributed by atoms with Crippen LogP contribution in [-0.2, 0) is 11.2 Å². The average molecular weight is 223 g/mol. The second kappa shape index (κ2) is 6.82. The maximum absolute atomic E-state index is 11.1. The van der Waals surface area contributed by atoms with Gasteiger partial charge in [0.25, 0.3) is 0 Å². The van der Waals surface area contributed by atoms with Crippen molar-refractivity contribution in [3.05, 3.63) is 24.2 Å². The largest absolute Gasteiger partial charge is 0.469 e. The van der Waals surface area contributed by atoms with Gasteiger partial charge in [-0.05, 0) is 24.5 Å². The van der Waals surface area contributed by atoms with Crippen molar-refractivity contribution < 1.29 is 13.9 Å². The lowest BCUT2D eigenvalue weighted by atomic mass is 10.1. The minimum Gasteiger partial charge on any atom is -0.469 e. The molecule has 0 aliphatic heterocycles. The Labute approximate surface area is 95.3 Å². The maximum atomic E-state index is 11.1. The van der Waals surface area contributed by atoms with Gasteiger partial charge < -0.3 is 9.15 Å². The van der Waals surface area contributed by atoms with Crippen LogP contribution in [0, 0.1) is 5.92 Å². The lowest BCUT2D eigenvalue weighted by molar-refractivity contribution is 0.151. The monoisotopic (exact) mass is 223 g/mol. The van der Waals surface area contributed by atoms with Gasteiger partial charge in [-0.3, -0.25) is 0 Å². The number of amides is 1. The fourth-order valence-electron chi connectivity index (χ4n) is 1.06. The van der Waals surface area contributed by atoms with Crippen molar-refractivity contribution in [2.75, 3.05) is 6.61 Å². The molecule has 4 heteroatoms. The van der Waals surface area contributed by atoms with Crippen LogP contribution in [0.4, 0.5) is 4.79 Å². The Balaban J connectivity index is 2.16. The van der Waals surface area contributed by atoms with E-state index in [2.05, 4.69) is 18.8 Å². The quantitative estimate of drug-likeness (QED) is 0.721. The molecule has 0 atom stereocenters. The number of ether oxygens (including phenoxy) is 1. The molecule has 0 aliphatic rings. The summed E-state index contributed by atoms with van der Waals surface area (Å²) in [5.74, 6) is 1.30. The molecule has 1 heterocycles. The van der Waals surface area contributed by atoms with E-state index >= 15 is 0 Å². The van der Waals surface area contributed by atoms with Crippen LogP contribution in [-0.4, -0.2) is 18.9 Å². The molecule has 0 spiro atoms. The van der Waals surface area contributed by atoms with Crippen molar-refractivity contribution in [3.63, 3.8) is 0 Å². The zero-order valence-corrected chi connectivity index (χ0v) is 9.68. The van der Waals surface area contributed by atoms with Crippen LogP contribution in [0.5, 0.6) is 0 Å². The molecule has 0 bridgehead atoms. The highest BCUT2D eigenvalue weighted by atomic mass is 16.5. The Kier molecular flexibility index (Phi) is 5.32. The normalized spacial score (nSPS) is 11.2. The zero-order valence-electron chi connectivity index (χ0n) is 9.68. The van der Waals surface area contributed by atoms with Crippen LogP contribution in [0.25, 0.3) is 0 Å². The summed E-state index contributed by atoms with van der Waals surface area (Å²) in [6, 6.07) is 3.63. The molecule has 0 saturated carbocycles. The van der Waals surface area contributed by atoms with Gasteiger partial charge in [-0.15, -0.1) is 0 Å². The highest BCUT2D eigenvalue weighted by Crippen LogP contribution is 2.01. The molecular weight excluding hydrogens is 206 g/mol. The van der Waals surface area contributed by atoms with Crippen molar-refractivity contribution in [2.45, 2.75) is 26.7 Å². The molecular formula is C12H17NO3. The smallest absolute Gasteiger partial charge is 0.433 e. The molecule has 0 fully saturated rings. The summed E-state index contributed by atoms with van der Waals surface area (Å²) < 4.78 is 9.99. The van der Waals surface area contributed by atoms with Crippen molar-refractivity contribution in [3.8, 4) is 0 Å². The molecule has 1 aromatic heterocycles. The third-order valence-electron chi connectivity index (χ3n) is 1.99. The first-order chi connectivity index (χ1) is 7.68. The van der Waals surface area contributed by atoms with Crippen LogP contribution in [0.15, 0.2) is 27.8 Å². The lowest BCUT2D eigenvalue weighted by Crippen LogP contribution is -2.04. The molecule has 16 heavy (non-hydrogen) atoms. The molecule has 0 unspecified atom stereocenters. The van der Waals surface area contributed by atoms with E-state index < -0.39 is 6.09 Å². The van der Waals surface area contributed by atoms with Gasteiger partial charge in [-0.25, -0.2) is 4.79 Å². The molecule has 0 N–H and O–H groups in total. The summed E-state index contributed by atoms with van der Waals surface area (Å²) in [5.41, 5.74) is 0. The molecule has 0 aromatic carbocycles. The number of aliphatic imine (C=N–C) groups is 1. The third kappa shape index (κ3) is 5.34. The summed E-state index contributed by atoms with van der Waals surface area (Å²) in [6.45, 7) is 4.58. The van der Waals surface area contributed by atoms with E-state index in [1.807, 2.05) is 6.07 Å². The Morgan fingerprint density at radius 1 is 1.62 bits per heavy atom. The fraction of sp³-hybridized carbons (Fsp3) is 0.500. The number of nitrogens with zero attached hydrogens (tertiary/aromatic N) is 1. The standard InChI is InChI=1S/C12H17NO3/c1-10(2)6-9-16-12(14)13-7-5-11-4-3-8-15-11/h3-4,7-8,10H,5-6,9H2,1-2H3. The predicted octanol–water partition coefficient (Wildman–Crippen LogP) is 3.08. The second-order valence-corrected chi connectivity index (χ2v) is 3.89. The number of furan rings is 1. The van der Waals surface area contributed by atoms with Gasteiger partial charge in [0, 0.05) is 12.6 Å². The maximum Gasteiger partial charge on any atom is 0.433 e. The van der Waals surface area contributed by atoms with Crippen LogP contribution in [0.1, 0.15) is 26.0 Å². The van der Waals surface area contributed by atoms with Gasteiger partial charge in [0.2, 0.25) is 0 Å². The van der Waals surface area contributed by atoms with E-state index in [1.165, 1.54) is 6.21 Å². The first-order valence-corrected chi connectivity index (χ1v) is 5.40. The van der Waals surface area contributed by atoms with E-state index in [-0.39, 0.29) is 0 Å². The summed E-state index contributed by atoms with van der Waals surface area (Å²) in [6.07, 6.45) is 3.92. The average Bonchev–Trinajstić information content (AvgIpc) is 2.70. The molecule has 1 rings (SSSR count). The molecule has 0 aliphatic carbocycles. The molecule has 1 amide bonds. The van der Waals surface area contributed by atoms with Crippen LogP contribution >= 0.6 is 0 Å². The number of rotatable bonds is 5. The van der Waals surface area contributed by atoms with Crippen LogP contribution < -0.4 is 0 Å². The first kappa shape index (κ1) is 12.5. The van der Waals surface area contributed by atoms with Crippen molar-refractivity contribution in [1.82, 2.24) is 0 Å². The SMILES string of the molecule is CC(C)CCOC(=O)N=CCc1ccco1. The van der Waals surface area contributed by atoms with E-state index in [0.29, 0.717) is 18.9 Å². The van der Waals surface area contributed by atoms with Crippen molar-refractivity contribution in [2.24, 2.45) is 10.9 Å². The second-order valence-electron chi connectivity index (χ2n) is 3.89. The number of hydrogen-bond donors (Lipinski definition) is 0. The Morgan fingerprint density at radius 3 is 3.06 bits per heavy atom. The van der Waals surface area contributed by atoms with Gasteiger partial charge in [-0.1, -0.05) is 13.8 Å². The summed E-state index contributed by atoms with van der Waals surface area (Å²) in [5, 5.41) is 0. The number of carbonyl (C=O) groups is 1. The molecule has 0 saturated heterocycles. The first-order valence-electron chi connectivity index (χ1n) is 5.40. The zero-order chi connectivity index (χ0) is 11.8. The number of hydrogen-bond acceptors (Lipinski definition) is 3. The Bertz CT molecular complexity index is 328. The van der Waals surface area contributed by atoms with E-state index in [4.69, 9.17) is 9.15 Å². The molecule has 1 aromatic rings. The third-order valence-corrected chi connectivity index (χ3v) is 1.99. The highest BCUT2D eigenvalue weighted by molar-refractivity contribution is 5.79. The Morgan fingerprint density at radius 2 is 2.44 bits per heavy atom. The lowest BCUT2D eigenvalue weighted by Gasteiger charge is -2.03. The van der Waals surface area contributed by atoms with Gasteiger partial charge >= 0.3 is 6.09 Å². The van der Waals surface area contributed by atoms with E-state index in [0.717, 1.165) is 12.2 Å².